The summed E-state index contributed by atoms with van der Waals surface area (Å²) in [5, 5.41) is -0.194. The molecule has 0 fully saturated rings. The van der Waals surface area contributed by atoms with Crippen LogP contribution in [0.4, 0.5) is 13.2 Å². The summed E-state index contributed by atoms with van der Waals surface area (Å²) in [4.78, 5) is 0. The number of hydrogen-bond acceptors (Lipinski definition) is 0. The highest BCUT2D eigenvalue weighted by atomic mass is 35.5. The maximum absolute atomic E-state index is 13.1. The third-order valence-corrected chi connectivity index (χ3v) is 2.16. The van der Waals surface area contributed by atoms with Crippen LogP contribution in [0, 0.1) is 5.82 Å². The van der Waals surface area contributed by atoms with Crippen LogP contribution in [0.2, 0.25) is 5.02 Å². The molecule has 0 saturated heterocycles. The topological polar surface area (TPSA) is 0 Å². The minimum absolute atomic E-state index is 0.194. The average molecular weight is 229 g/mol. The lowest BCUT2D eigenvalue weighted by Crippen LogP contribution is -1.96. The molecular weight excluding hydrogens is 224 g/mol. The first kappa shape index (κ1) is 10.7. The van der Waals surface area contributed by atoms with Gasteiger partial charge in [-0.3, -0.25) is 0 Å². The van der Waals surface area contributed by atoms with Crippen molar-refractivity contribution in [1.82, 2.24) is 0 Å². The van der Waals surface area contributed by atoms with E-state index in [2.05, 4.69) is 0 Å². The normalized spacial score (nSPS) is 10.9. The number of halogens is 5. The lowest BCUT2D eigenvalue weighted by molar-refractivity contribution is 0.150. The Hall–Kier alpha value is -0.410. The molecule has 5 heteroatoms. The molecule has 0 bridgehead atoms. The fourth-order valence-electron chi connectivity index (χ4n) is 0.948. The van der Waals surface area contributed by atoms with E-state index in [0.717, 1.165) is 12.1 Å². The third kappa shape index (κ3) is 2.09. The molecule has 0 aliphatic rings. The van der Waals surface area contributed by atoms with E-state index in [4.69, 9.17) is 23.2 Å². The molecule has 0 unspecified atom stereocenters. The summed E-state index contributed by atoms with van der Waals surface area (Å²) < 4.78 is 37.6. The fourth-order valence-corrected chi connectivity index (χ4v) is 1.40. The molecule has 0 N–H and O–H groups in total. The van der Waals surface area contributed by atoms with Crippen LogP contribution >= 0.6 is 23.2 Å². The molecule has 0 nitrogen and oxygen atoms in total. The molecule has 1 aromatic rings. The highest BCUT2D eigenvalue weighted by Crippen LogP contribution is 2.29. The zero-order valence-electron chi connectivity index (χ0n) is 6.33. The summed E-state index contributed by atoms with van der Waals surface area (Å²) in [6, 6.07) is 2.17. The van der Waals surface area contributed by atoms with Crippen LogP contribution in [0.25, 0.3) is 0 Å². The van der Waals surface area contributed by atoms with Crippen LogP contribution in [-0.2, 0) is 5.88 Å². The standard InChI is InChI=1S/C8H5Cl2F3/c9-3-5-4(8(12)13)1-2-6(10)7(5)11/h1-2,8H,3H2. The van der Waals surface area contributed by atoms with Crippen LogP contribution < -0.4 is 0 Å². The second-order valence-corrected chi connectivity index (χ2v) is 3.04. The molecule has 1 rings (SSSR count). The van der Waals surface area contributed by atoms with Gasteiger partial charge in [-0.05, 0) is 6.07 Å². The Balaban J connectivity index is 3.30. The van der Waals surface area contributed by atoms with Crippen molar-refractivity contribution in [1.29, 1.82) is 0 Å². The molecule has 1 aromatic carbocycles. The summed E-state index contributed by atoms with van der Waals surface area (Å²) in [6.07, 6.45) is -2.74. The second-order valence-electron chi connectivity index (χ2n) is 2.36. The van der Waals surface area contributed by atoms with Gasteiger partial charge in [-0.25, -0.2) is 13.2 Å². The molecule has 0 aliphatic carbocycles. The first-order valence-electron chi connectivity index (χ1n) is 3.38. The molecule has 0 saturated carbocycles. The van der Waals surface area contributed by atoms with Gasteiger partial charge in [0, 0.05) is 11.1 Å². The summed E-state index contributed by atoms with van der Waals surface area (Å²) in [6.45, 7) is 0. The van der Waals surface area contributed by atoms with Gasteiger partial charge in [-0.15, -0.1) is 11.6 Å². The van der Waals surface area contributed by atoms with E-state index < -0.39 is 17.8 Å². The van der Waals surface area contributed by atoms with E-state index >= 15 is 0 Å². The van der Waals surface area contributed by atoms with Gasteiger partial charge >= 0.3 is 0 Å². The molecule has 0 aromatic heterocycles. The summed E-state index contributed by atoms with van der Waals surface area (Å²) >= 11 is 10.7. The lowest BCUT2D eigenvalue weighted by atomic mass is 10.1. The molecule has 0 atom stereocenters. The fraction of sp³-hybridized carbons (Fsp3) is 0.250. The lowest BCUT2D eigenvalue weighted by Gasteiger charge is -2.07. The highest BCUT2D eigenvalue weighted by molar-refractivity contribution is 6.31. The van der Waals surface area contributed by atoms with Crippen molar-refractivity contribution in [2.24, 2.45) is 0 Å². The van der Waals surface area contributed by atoms with Gasteiger partial charge in [-0.2, -0.15) is 0 Å². The maximum Gasteiger partial charge on any atom is 0.264 e. The van der Waals surface area contributed by atoms with Crippen LogP contribution in [0.3, 0.4) is 0 Å². The quantitative estimate of drug-likeness (QED) is 0.668. The third-order valence-electron chi connectivity index (χ3n) is 1.60. The Morgan fingerprint density at radius 2 is 1.92 bits per heavy atom. The molecular formula is C8H5Cl2F3. The predicted molar refractivity (Wildman–Crippen MR) is 45.9 cm³/mol. The van der Waals surface area contributed by atoms with Gasteiger partial charge in [0.1, 0.15) is 5.82 Å². The van der Waals surface area contributed by atoms with Crippen molar-refractivity contribution < 1.29 is 13.2 Å². The van der Waals surface area contributed by atoms with Crippen molar-refractivity contribution >= 4 is 23.2 Å². The second kappa shape index (κ2) is 4.20. The Morgan fingerprint density at radius 3 is 2.38 bits per heavy atom. The van der Waals surface area contributed by atoms with E-state index in [1.165, 1.54) is 0 Å². The predicted octanol–water partition coefficient (Wildman–Crippen LogP) is 4.16. The van der Waals surface area contributed by atoms with Gasteiger partial charge in [0.2, 0.25) is 0 Å². The SMILES string of the molecule is Fc1c(Cl)ccc(C(F)F)c1CCl. The van der Waals surface area contributed by atoms with Gasteiger partial charge in [0.05, 0.1) is 10.9 Å². The molecule has 0 amide bonds. The van der Waals surface area contributed by atoms with E-state index in [9.17, 15) is 13.2 Å². The zero-order chi connectivity index (χ0) is 10.0. The van der Waals surface area contributed by atoms with Gasteiger partial charge in [0.15, 0.2) is 0 Å². The zero-order valence-corrected chi connectivity index (χ0v) is 7.84. The molecule has 72 valence electrons. The van der Waals surface area contributed by atoms with Gasteiger partial charge < -0.3 is 0 Å². The Bertz CT molecular complexity index is 313. The summed E-state index contributed by atoms with van der Waals surface area (Å²) in [5.41, 5.74) is -0.638. The summed E-state index contributed by atoms with van der Waals surface area (Å²) in [5.74, 6) is -1.18. The Labute approximate surface area is 83.3 Å². The van der Waals surface area contributed by atoms with Crippen LogP contribution in [0.1, 0.15) is 17.6 Å². The maximum atomic E-state index is 13.1. The molecule has 0 aliphatic heterocycles. The van der Waals surface area contributed by atoms with Crippen LogP contribution in [0.5, 0.6) is 0 Å². The van der Waals surface area contributed by atoms with Crippen molar-refractivity contribution in [3.05, 3.63) is 34.1 Å². The van der Waals surface area contributed by atoms with Crippen molar-refractivity contribution in [2.45, 2.75) is 12.3 Å². The summed E-state index contributed by atoms with van der Waals surface area (Å²) in [7, 11) is 0. The highest BCUT2D eigenvalue weighted by Gasteiger charge is 2.17. The molecule has 0 radical (unpaired) electrons. The van der Waals surface area contributed by atoms with Crippen LogP contribution in [-0.4, -0.2) is 0 Å². The van der Waals surface area contributed by atoms with Gasteiger partial charge in [-0.1, -0.05) is 17.7 Å². The van der Waals surface area contributed by atoms with Crippen molar-refractivity contribution in [3.63, 3.8) is 0 Å². The Morgan fingerprint density at radius 1 is 1.31 bits per heavy atom. The van der Waals surface area contributed by atoms with Crippen molar-refractivity contribution in [2.75, 3.05) is 0 Å². The van der Waals surface area contributed by atoms with E-state index in [0.29, 0.717) is 0 Å². The largest absolute Gasteiger partial charge is 0.264 e. The molecule has 13 heavy (non-hydrogen) atoms. The first-order chi connectivity index (χ1) is 6.07. The minimum atomic E-state index is -2.74. The number of rotatable bonds is 2. The molecule has 0 spiro atoms. The monoisotopic (exact) mass is 228 g/mol. The van der Waals surface area contributed by atoms with Crippen LogP contribution in [0.15, 0.2) is 12.1 Å². The average Bonchev–Trinajstić information content (AvgIpc) is 2.09. The molecule has 0 heterocycles. The number of benzene rings is 1. The number of alkyl halides is 3. The van der Waals surface area contributed by atoms with Gasteiger partial charge in [0.25, 0.3) is 6.43 Å². The van der Waals surface area contributed by atoms with E-state index in [1.54, 1.807) is 0 Å². The first-order valence-corrected chi connectivity index (χ1v) is 4.30. The van der Waals surface area contributed by atoms with E-state index in [1.807, 2.05) is 0 Å². The van der Waals surface area contributed by atoms with Crippen molar-refractivity contribution in [3.8, 4) is 0 Å². The Kier molecular flexibility index (Phi) is 3.45. The number of hydrogen-bond donors (Lipinski definition) is 0. The minimum Gasteiger partial charge on any atom is -0.205 e. The van der Waals surface area contributed by atoms with E-state index in [-0.39, 0.29) is 16.5 Å². The smallest absolute Gasteiger partial charge is 0.205 e.